The fourth-order valence-electron chi connectivity index (χ4n) is 2.69. The number of fused-ring (bicyclic) bond motifs is 1. The van der Waals surface area contributed by atoms with Crippen LogP contribution < -0.4 is 5.32 Å². The van der Waals surface area contributed by atoms with Crippen molar-refractivity contribution in [3.8, 4) is 11.5 Å². The lowest BCUT2D eigenvalue weighted by Gasteiger charge is -2.07. The molecule has 0 aliphatic rings. The normalized spacial score (nSPS) is 10.8. The zero-order valence-electron chi connectivity index (χ0n) is 14.3. The van der Waals surface area contributed by atoms with Crippen molar-refractivity contribution in [1.29, 1.82) is 0 Å². The average Bonchev–Trinajstić information content (AvgIpc) is 3.13. The molecule has 0 radical (unpaired) electrons. The van der Waals surface area contributed by atoms with Gasteiger partial charge in [0, 0.05) is 23.4 Å². The summed E-state index contributed by atoms with van der Waals surface area (Å²) in [4.78, 5) is 27.0. The third kappa shape index (κ3) is 3.43. The Labute approximate surface area is 163 Å². The first-order chi connectivity index (χ1) is 13.5. The Morgan fingerprint density at radius 1 is 1.07 bits per heavy atom. The molecule has 0 bridgehead atoms. The minimum absolute atomic E-state index is 0.0821. The molecule has 1 amide bonds. The van der Waals surface area contributed by atoms with Gasteiger partial charge in [-0.05, 0) is 42.5 Å². The molecule has 0 saturated carbocycles. The topological polar surface area (TPSA) is 98.3 Å². The monoisotopic (exact) mass is 393 g/mol. The fraction of sp³-hybridized carbons (Fsp3) is 0. The predicted molar refractivity (Wildman–Crippen MR) is 106 cm³/mol. The number of carbonyl (C=O) groups is 1. The van der Waals surface area contributed by atoms with Crippen LogP contribution in [0.2, 0.25) is 5.02 Å². The molecule has 138 valence electrons. The number of halogens is 1. The molecule has 28 heavy (non-hydrogen) atoms. The van der Waals surface area contributed by atoms with Crippen molar-refractivity contribution in [3.63, 3.8) is 0 Å². The zero-order chi connectivity index (χ0) is 19.7. The van der Waals surface area contributed by atoms with E-state index in [0.717, 1.165) is 0 Å². The fourth-order valence-corrected chi connectivity index (χ4v) is 2.89. The van der Waals surface area contributed by atoms with Crippen LogP contribution in [0.1, 0.15) is 10.4 Å². The first-order valence-corrected chi connectivity index (χ1v) is 8.60. The summed E-state index contributed by atoms with van der Waals surface area (Å²) in [6, 6.07) is 17.6. The Balaban J connectivity index is 1.61. The van der Waals surface area contributed by atoms with Gasteiger partial charge in [0.05, 0.1) is 15.5 Å². The van der Waals surface area contributed by atoms with Crippen LogP contribution in [-0.4, -0.2) is 15.8 Å². The molecule has 0 saturated heterocycles. The van der Waals surface area contributed by atoms with Gasteiger partial charge < -0.3 is 9.73 Å². The minimum Gasteiger partial charge on any atom is -0.436 e. The van der Waals surface area contributed by atoms with Crippen molar-refractivity contribution in [3.05, 3.63) is 87.4 Å². The number of benzene rings is 3. The molecule has 3 aromatic carbocycles. The van der Waals surface area contributed by atoms with E-state index in [4.69, 9.17) is 16.0 Å². The molecular weight excluding hydrogens is 382 g/mol. The highest BCUT2D eigenvalue weighted by Crippen LogP contribution is 2.32. The Kier molecular flexibility index (Phi) is 4.50. The molecule has 0 unspecified atom stereocenters. The summed E-state index contributed by atoms with van der Waals surface area (Å²) in [7, 11) is 0. The Morgan fingerprint density at radius 3 is 2.54 bits per heavy atom. The molecule has 1 heterocycles. The molecule has 0 spiro atoms. The second kappa shape index (κ2) is 7.13. The van der Waals surface area contributed by atoms with Crippen LogP contribution in [0.4, 0.5) is 11.4 Å². The van der Waals surface area contributed by atoms with Crippen LogP contribution in [0, 0.1) is 10.1 Å². The van der Waals surface area contributed by atoms with Gasteiger partial charge in [0.25, 0.3) is 11.6 Å². The van der Waals surface area contributed by atoms with E-state index in [1.54, 1.807) is 24.3 Å². The molecule has 0 fully saturated rings. The lowest BCUT2D eigenvalue weighted by atomic mass is 10.1. The number of nitro groups is 1. The standard InChI is InChI=1S/C20H12ClN3O4/c21-16-10-7-13(22-19(25)12-5-8-14(9-6-12)24(26)27)11-15(16)20-23-17-3-1-2-4-18(17)28-20/h1-11H,(H,22,25). The molecule has 0 aliphatic carbocycles. The van der Waals surface area contributed by atoms with Crippen LogP contribution >= 0.6 is 11.6 Å². The van der Waals surface area contributed by atoms with Gasteiger partial charge in [-0.2, -0.15) is 0 Å². The molecule has 7 nitrogen and oxygen atoms in total. The van der Waals surface area contributed by atoms with Crippen LogP contribution in [0.25, 0.3) is 22.6 Å². The number of nitrogens with zero attached hydrogens (tertiary/aromatic N) is 2. The molecule has 1 aromatic heterocycles. The summed E-state index contributed by atoms with van der Waals surface area (Å²) in [6.45, 7) is 0. The van der Waals surface area contributed by atoms with Crippen molar-refractivity contribution < 1.29 is 14.1 Å². The molecule has 0 atom stereocenters. The summed E-state index contributed by atoms with van der Waals surface area (Å²) >= 11 is 6.28. The lowest BCUT2D eigenvalue weighted by Crippen LogP contribution is -2.11. The van der Waals surface area contributed by atoms with E-state index in [2.05, 4.69) is 10.3 Å². The van der Waals surface area contributed by atoms with E-state index in [1.165, 1.54) is 24.3 Å². The molecule has 4 aromatic rings. The van der Waals surface area contributed by atoms with Gasteiger partial charge in [0.1, 0.15) is 5.52 Å². The van der Waals surface area contributed by atoms with Gasteiger partial charge in [-0.25, -0.2) is 4.98 Å². The number of para-hydroxylation sites is 2. The maximum absolute atomic E-state index is 12.4. The number of non-ortho nitro benzene ring substituents is 1. The molecule has 4 rings (SSSR count). The highest BCUT2D eigenvalue weighted by Gasteiger charge is 2.14. The number of aromatic nitrogens is 1. The van der Waals surface area contributed by atoms with E-state index >= 15 is 0 Å². The third-order valence-corrected chi connectivity index (χ3v) is 4.42. The van der Waals surface area contributed by atoms with Gasteiger partial charge in [0.15, 0.2) is 5.58 Å². The summed E-state index contributed by atoms with van der Waals surface area (Å²) in [6.07, 6.45) is 0. The largest absolute Gasteiger partial charge is 0.436 e. The minimum atomic E-state index is -0.520. The van der Waals surface area contributed by atoms with Crippen LogP contribution in [0.5, 0.6) is 0 Å². The van der Waals surface area contributed by atoms with Gasteiger partial charge in [-0.15, -0.1) is 0 Å². The maximum Gasteiger partial charge on any atom is 0.269 e. The van der Waals surface area contributed by atoms with Gasteiger partial charge >= 0.3 is 0 Å². The van der Waals surface area contributed by atoms with Crippen LogP contribution in [0.15, 0.2) is 71.1 Å². The summed E-state index contributed by atoms with van der Waals surface area (Å²) < 4.78 is 5.74. The van der Waals surface area contributed by atoms with Crippen molar-refractivity contribution in [2.45, 2.75) is 0 Å². The number of amides is 1. The quantitative estimate of drug-likeness (QED) is 0.374. The predicted octanol–water partition coefficient (Wildman–Crippen LogP) is 5.31. The summed E-state index contributed by atoms with van der Waals surface area (Å²) in [5.74, 6) is -0.0571. The number of oxazole rings is 1. The van der Waals surface area contributed by atoms with E-state index in [1.807, 2.05) is 18.2 Å². The third-order valence-electron chi connectivity index (χ3n) is 4.09. The van der Waals surface area contributed by atoms with Crippen molar-refractivity contribution in [2.75, 3.05) is 5.32 Å². The molecular formula is C20H12ClN3O4. The summed E-state index contributed by atoms with van der Waals surface area (Å²) in [5, 5.41) is 13.9. The first-order valence-electron chi connectivity index (χ1n) is 8.22. The van der Waals surface area contributed by atoms with Crippen LogP contribution in [0.3, 0.4) is 0 Å². The zero-order valence-corrected chi connectivity index (χ0v) is 15.0. The average molecular weight is 394 g/mol. The van der Waals surface area contributed by atoms with Gasteiger partial charge in [0.2, 0.25) is 5.89 Å². The van der Waals surface area contributed by atoms with Gasteiger partial charge in [-0.1, -0.05) is 23.7 Å². The maximum atomic E-state index is 12.4. The highest BCUT2D eigenvalue weighted by molar-refractivity contribution is 6.33. The Hall–Kier alpha value is -3.71. The number of nitrogens with one attached hydrogen (secondary N) is 1. The first kappa shape index (κ1) is 17.7. The smallest absolute Gasteiger partial charge is 0.269 e. The van der Waals surface area contributed by atoms with Crippen molar-refractivity contribution in [2.24, 2.45) is 0 Å². The molecule has 1 N–H and O–H groups in total. The number of nitro benzene ring substituents is 1. The second-order valence-electron chi connectivity index (χ2n) is 5.94. The molecule has 0 aliphatic heterocycles. The van der Waals surface area contributed by atoms with Crippen molar-refractivity contribution >= 4 is 40.0 Å². The van der Waals surface area contributed by atoms with Crippen molar-refractivity contribution in [1.82, 2.24) is 4.98 Å². The van der Waals surface area contributed by atoms with E-state index in [-0.39, 0.29) is 5.69 Å². The number of carbonyl (C=O) groups excluding carboxylic acids is 1. The van der Waals surface area contributed by atoms with E-state index in [0.29, 0.717) is 38.8 Å². The van der Waals surface area contributed by atoms with Gasteiger partial charge in [-0.3, -0.25) is 14.9 Å². The number of hydrogen-bond acceptors (Lipinski definition) is 5. The lowest BCUT2D eigenvalue weighted by molar-refractivity contribution is -0.384. The Bertz CT molecular complexity index is 1170. The van der Waals surface area contributed by atoms with Crippen LogP contribution in [-0.2, 0) is 0 Å². The number of anilines is 1. The second-order valence-corrected chi connectivity index (χ2v) is 6.35. The number of rotatable bonds is 4. The molecule has 8 heteroatoms. The number of hydrogen-bond donors (Lipinski definition) is 1. The SMILES string of the molecule is O=C(Nc1ccc(Cl)c(-c2nc3ccccc3o2)c1)c1ccc([N+](=O)[O-])cc1. The highest BCUT2D eigenvalue weighted by atomic mass is 35.5. The summed E-state index contributed by atoms with van der Waals surface area (Å²) in [5.41, 5.74) is 2.58. The van der Waals surface area contributed by atoms with E-state index in [9.17, 15) is 14.9 Å². The van der Waals surface area contributed by atoms with E-state index < -0.39 is 10.8 Å². The Morgan fingerprint density at radius 2 is 1.82 bits per heavy atom.